The van der Waals surface area contributed by atoms with Crippen molar-refractivity contribution in [3.63, 3.8) is 0 Å². The number of nitrogens with zero attached hydrogens (tertiary/aromatic N) is 1. The van der Waals surface area contributed by atoms with E-state index in [-0.39, 0.29) is 11.7 Å². The van der Waals surface area contributed by atoms with E-state index in [1.54, 1.807) is 31.2 Å². The van der Waals surface area contributed by atoms with E-state index in [1.807, 2.05) is 37.3 Å². The van der Waals surface area contributed by atoms with Gasteiger partial charge in [0.25, 0.3) is 0 Å². The average molecular weight is 468 g/mol. The van der Waals surface area contributed by atoms with Crippen molar-refractivity contribution in [2.75, 3.05) is 23.8 Å². The van der Waals surface area contributed by atoms with E-state index in [1.165, 1.54) is 0 Å². The molecule has 0 aliphatic heterocycles. The minimum absolute atomic E-state index is 0.232. The first-order chi connectivity index (χ1) is 16.0. The van der Waals surface area contributed by atoms with Gasteiger partial charge in [-0.25, -0.2) is 19.4 Å². The highest BCUT2D eigenvalue weighted by molar-refractivity contribution is 7.18. The Hall–Kier alpha value is -3.72. The van der Waals surface area contributed by atoms with Crippen LogP contribution < -0.4 is 10.6 Å². The van der Waals surface area contributed by atoms with Crippen LogP contribution in [0.3, 0.4) is 0 Å². The third-order valence-electron chi connectivity index (χ3n) is 4.47. The minimum Gasteiger partial charge on any atom is -0.462 e. The number of urea groups is 1. The van der Waals surface area contributed by atoms with Gasteiger partial charge >= 0.3 is 18.0 Å². The van der Waals surface area contributed by atoms with Gasteiger partial charge in [0.1, 0.15) is 4.88 Å². The van der Waals surface area contributed by atoms with Gasteiger partial charge in [-0.1, -0.05) is 55.0 Å². The highest BCUT2D eigenvalue weighted by atomic mass is 32.1. The molecule has 2 amide bonds. The normalized spacial score (nSPS) is 10.4. The molecule has 33 heavy (non-hydrogen) atoms. The number of carbonyl (C=O) groups excluding carboxylic acids is 3. The van der Waals surface area contributed by atoms with Crippen molar-refractivity contribution < 1.29 is 23.9 Å². The zero-order chi connectivity index (χ0) is 23.6. The number of hydrogen-bond donors (Lipinski definition) is 2. The molecule has 1 aromatic heterocycles. The Labute approximate surface area is 196 Å². The zero-order valence-electron chi connectivity index (χ0n) is 18.4. The summed E-state index contributed by atoms with van der Waals surface area (Å²) in [5.74, 6) is -0.897. The fraction of sp³-hybridized carbons (Fsp3) is 0.250. The van der Waals surface area contributed by atoms with E-state index in [0.717, 1.165) is 29.7 Å². The van der Waals surface area contributed by atoms with Crippen LogP contribution in [0.15, 0.2) is 54.6 Å². The molecule has 0 bridgehead atoms. The van der Waals surface area contributed by atoms with Crippen LogP contribution in [-0.4, -0.2) is 36.2 Å². The van der Waals surface area contributed by atoms with Crippen LogP contribution in [0.4, 0.5) is 15.6 Å². The summed E-state index contributed by atoms with van der Waals surface area (Å²) >= 11 is 1.04. The van der Waals surface area contributed by atoms with Crippen LogP contribution in [0.5, 0.6) is 0 Å². The SMILES string of the molecule is CCCCOC(=O)c1ccc(NC(=O)Nc2nc(-c3ccccc3)c(C(=O)OCC)s2)cc1. The first kappa shape index (κ1) is 23.9. The number of rotatable bonds is 9. The Bertz CT molecular complexity index is 1100. The van der Waals surface area contributed by atoms with Gasteiger partial charge in [0.2, 0.25) is 0 Å². The molecule has 0 atom stereocenters. The lowest BCUT2D eigenvalue weighted by atomic mass is 10.1. The van der Waals surface area contributed by atoms with Crippen LogP contribution in [0.25, 0.3) is 11.3 Å². The molecule has 8 nitrogen and oxygen atoms in total. The van der Waals surface area contributed by atoms with Crippen LogP contribution in [0.2, 0.25) is 0 Å². The fourth-order valence-electron chi connectivity index (χ4n) is 2.84. The molecule has 9 heteroatoms. The quantitative estimate of drug-likeness (QED) is 0.314. The van der Waals surface area contributed by atoms with Gasteiger partial charge in [-0.05, 0) is 37.6 Å². The number of nitrogens with one attached hydrogen (secondary N) is 2. The molecular formula is C24H25N3O5S. The highest BCUT2D eigenvalue weighted by Crippen LogP contribution is 2.32. The number of anilines is 2. The molecule has 0 aliphatic rings. The Balaban J connectivity index is 1.67. The van der Waals surface area contributed by atoms with Gasteiger partial charge in [-0.2, -0.15) is 0 Å². The van der Waals surface area contributed by atoms with E-state index >= 15 is 0 Å². The second kappa shape index (κ2) is 11.8. The van der Waals surface area contributed by atoms with Crippen molar-refractivity contribution in [2.45, 2.75) is 26.7 Å². The third-order valence-corrected chi connectivity index (χ3v) is 5.42. The van der Waals surface area contributed by atoms with Crippen LogP contribution in [-0.2, 0) is 9.47 Å². The second-order valence-corrected chi connectivity index (χ2v) is 7.93. The maximum absolute atomic E-state index is 12.5. The largest absolute Gasteiger partial charge is 0.462 e. The number of unbranched alkanes of at least 4 members (excludes halogenated alkanes) is 1. The number of benzene rings is 2. The third kappa shape index (κ3) is 6.63. The molecule has 0 radical (unpaired) electrons. The number of hydrogen-bond acceptors (Lipinski definition) is 7. The highest BCUT2D eigenvalue weighted by Gasteiger charge is 2.21. The molecule has 0 fully saturated rings. The zero-order valence-corrected chi connectivity index (χ0v) is 19.2. The van der Waals surface area contributed by atoms with Crippen molar-refractivity contribution in [1.82, 2.24) is 4.98 Å². The lowest BCUT2D eigenvalue weighted by molar-refractivity contribution is 0.0497. The summed E-state index contributed by atoms with van der Waals surface area (Å²) in [6.45, 7) is 4.36. The number of thiazole rings is 1. The van der Waals surface area contributed by atoms with E-state index in [2.05, 4.69) is 15.6 Å². The standard InChI is InChI=1S/C24H25N3O5S/c1-3-5-15-32-21(28)17-11-13-18(14-12-17)25-23(30)27-24-26-19(16-9-7-6-8-10-16)20(33-24)22(29)31-4-2/h6-14H,3-5,15H2,1-2H3,(H2,25,26,27,30). The molecule has 2 aromatic carbocycles. The van der Waals surface area contributed by atoms with E-state index in [4.69, 9.17) is 9.47 Å². The molecule has 0 spiro atoms. The molecule has 172 valence electrons. The van der Waals surface area contributed by atoms with Gasteiger partial charge in [0.05, 0.1) is 24.5 Å². The van der Waals surface area contributed by atoms with Crippen molar-refractivity contribution >= 4 is 40.1 Å². The molecule has 0 unspecified atom stereocenters. The van der Waals surface area contributed by atoms with Crippen molar-refractivity contribution in [2.24, 2.45) is 0 Å². The van der Waals surface area contributed by atoms with Crippen LogP contribution in [0.1, 0.15) is 46.7 Å². The summed E-state index contributed by atoms with van der Waals surface area (Å²) in [5, 5.41) is 5.58. The maximum Gasteiger partial charge on any atom is 0.350 e. The van der Waals surface area contributed by atoms with E-state index in [0.29, 0.717) is 28.4 Å². The maximum atomic E-state index is 12.5. The lowest BCUT2D eigenvalue weighted by Gasteiger charge is -2.07. The van der Waals surface area contributed by atoms with Gasteiger partial charge in [0, 0.05) is 11.3 Å². The molecule has 0 saturated heterocycles. The Kier molecular flexibility index (Phi) is 8.54. The Morgan fingerprint density at radius 1 is 0.909 bits per heavy atom. The lowest BCUT2D eigenvalue weighted by Crippen LogP contribution is -2.19. The van der Waals surface area contributed by atoms with Gasteiger partial charge in [-0.3, -0.25) is 5.32 Å². The predicted octanol–water partition coefficient (Wildman–Crippen LogP) is 5.59. The first-order valence-corrected chi connectivity index (χ1v) is 11.4. The average Bonchev–Trinajstić information content (AvgIpc) is 3.24. The molecule has 3 aromatic rings. The number of esters is 2. The molecule has 1 heterocycles. The second-order valence-electron chi connectivity index (χ2n) is 6.93. The Morgan fingerprint density at radius 3 is 2.30 bits per heavy atom. The minimum atomic E-state index is -0.531. The topological polar surface area (TPSA) is 107 Å². The summed E-state index contributed by atoms with van der Waals surface area (Å²) in [6.07, 6.45) is 1.75. The summed E-state index contributed by atoms with van der Waals surface area (Å²) in [7, 11) is 0. The van der Waals surface area contributed by atoms with Gasteiger partial charge < -0.3 is 14.8 Å². The summed E-state index contributed by atoms with van der Waals surface area (Å²) < 4.78 is 10.3. The van der Waals surface area contributed by atoms with E-state index in [9.17, 15) is 14.4 Å². The van der Waals surface area contributed by atoms with Crippen molar-refractivity contribution in [3.8, 4) is 11.3 Å². The Morgan fingerprint density at radius 2 is 1.64 bits per heavy atom. The number of ether oxygens (including phenoxy) is 2. The number of amides is 2. The summed E-state index contributed by atoms with van der Waals surface area (Å²) in [6, 6.07) is 15.1. The van der Waals surface area contributed by atoms with Crippen LogP contribution >= 0.6 is 11.3 Å². The number of carbonyl (C=O) groups is 3. The van der Waals surface area contributed by atoms with Crippen molar-refractivity contribution in [1.29, 1.82) is 0 Å². The smallest absolute Gasteiger partial charge is 0.350 e. The molecular weight excluding hydrogens is 442 g/mol. The van der Waals surface area contributed by atoms with Gasteiger partial charge in [-0.15, -0.1) is 0 Å². The van der Waals surface area contributed by atoms with Gasteiger partial charge in [0.15, 0.2) is 5.13 Å². The molecule has 2 N–H and O–H groups in total. The van der Waals surface area contributed by atoms with Crippen LogP contribution in [0, 0.1) is 0 Å². The number of aromatic nitrogens is 1. The molecule has 0 saturated carbocycles. The van der Waals surface area contributed by atoms with Crippen molar-refractivity contribution in [3.05, 3.63) is 65.0 Å². The van der Waals surface area contributed by atoms with E-state index < -0.39 is 18.0 Å². The molecule has 0 aliphatic carbocycles. The first-order valence-electron chi connectivity index (χ1n) is 10.6. The summed E-state index contributed by atoms with van der Waals surface area (Å²) in [5.41, 5.74) is 2.08. The monoisotopic (exact) mass is 467 g/mol. The summed E-state index contributed by atoms with van der Waals surface area (Å²) in [4.78, 5) is 41.6. The predicted molar refractivity (Wildman–Crippen MR) is 128 cm³/mol. The molecule has 3 rings (SSSR count). The fourth-order valence-corrected chi connectivity index (χ4v) is 3.72.